The number of anilines is 2. The van der Waals surface area contributed by atoms with Gasteiger partial charge in [0, 0.05) is 6.07 Å². The monoisotopic (exact) mass is 293 g/mol. The predicted molar refractivity (Wildman–Crippen MR) is 68.3 cm³/mol. The molecule has 0 amide bonds. The minimum Gasteiger partial charge on any atom is -0.349 e. The van der Waals surface area contributed by atoms with E-state index < -0.39 is 4.92 Å². The largest absolute Gasteiger partial charge is 0.349 e. The number of halogens is 1. The number of rotatable bonds is 3. The number of pyridine rings is 1. The van der Waals surface area contributed by atoms with E-state index in [1.165, 1.54) is 6.07 Å². The van der Waals surface area contributed by atoms with Crippen LogP contribution < -0.4 is 5.32 Å². The third-order valence-corrected chi connectivity index (χ3v) is 2.58. The molecule has 5 nitrogen and oxygen atoms in total. The van der Waals surface area contributed by atoms with Gasteiger partial charge in [0.05, 0.1) is 16.8 Å². The topological polar surface area (TPSA) is 68.1 Å². The van der Waals surface area contributed by atoms with Crippen molar-refractivity contribution in [3.63, 3.8) is 0 Å². The Labute approximate surface area is 106 Å². The Bertz CT molecular complexity index is 543. The molecule has 0 atom stereocenters. The number of nitrogens with zero attached hydrogens (tertiary/aromatic N) is 2. The van der Waals surface area contributed by atoms with Crippen LogP contribution in [0.2, 0.25) is 0 Å². The van der Waals surface area contributed by atoms with Gasteiger partial charge in [0.2, 0.25) is 0 Å². The highest BCUT2D eigenvalue weighted by molar-refractivity contribution is 9.10. The molecule has 1 aromatic heterocycles. The average molecular weight is 294 g/mol. The Kier molecular flexibility index (Phi) is 3.34. The highest BCUT2D eigenvalue weighted by Gasteiger charge is 2.11. The van der Waals surface area contributed by atoms with Crippen molar-refractivity contribution in [1.82, 2.24) is 4.98 Å². The molecule has 0 aliphatic heterocycles. The first-order valence-corrected chi connectivity index (χ1v) is 5.58. The second-order valence-corrected chi connectivity index (χ2v) is 4.08. The molecule has 0 radical (unpaired) electrons. The summed E-state index contributed by atoms with van der Waals surface area (Å²) >= 11 is 3.22. The molecule has 0 unspecified atom stereocenters. The highest BCUT2D eigenvalue weighted by Crippen LogP contribution is 2.26. The van der Waals surface area contributed by atoms with Gasteiger partial charge in [0.15, 0.2) is 0 Å². The van der Waals surface area contributed by atoms with E-state index in [9.17, 15) is 10.1 Å². The van der Waals surface area contributed by atoms with Crippen molar-refractivity contribution in [2.45, 2.75) is 0 Å². The van der Waals surface area contributed by atoms with Crippen molar-refractivity contribution >= 4 is 33.0 Å². The zero-order chi connectivity index (χ0) is 12.3. The Hall–Kier alpha value is -1.95. The van der Waals surface area contributed by atoms with Gasteiger partial charge in [0.1, 0.15) is 10.3 Å². The minimum atomic E-state index is -0.422. The number of nitro groups is 1. The number of para-hydroxylation sites is 2. The molecule has 6 heteroatoms. The molecule has 2 aromatic rings. The molecule has 0 aliphatic carbocycles. The third-order valence-electron chi connectivity index (χ3n) is 2.11. The smallest absolute Gasteiger partial charge is 0.292 e. The lowest BCUT2D eigenvalue weighted by Gasteiger charge is -2.06. The van der Waals surface area contributed by atoms with E-state index in [0.717, 1.165) is 0 Å². The quantitative estimate of drug-likeness (QED) is 0.534. The maximum atomic E-state index is 10.8. The molecule has 0 bridgehead atoms. The fourth-order valence-corrected chi connectivity index (χ4v) is 1.58. The number of nitro benzene ring substituents is 1. The summed E-state index contributed by atoms with van der Waals surface area (Å²) in [6, 6.07) is 10.0. The number of nitrogens with one attached hydrogen (secondary N) is 1. The van der Waals surface area contributed by atoms with E-state index >= 15 is 0 Å². The van der Waals surface area contributed by atoms with E-state index in [4.69, 9.17) is 0 Å². The number of hydrogen-bond acceptors (Lipinski definition) is 4. The van der Waals surface area contributed by atoms with Crippen LogP contribution in [0.15, 0.2) is 47.2 Å². The van der Waals surface area contributed by atoms with E-state index in [-0.39, 0.29) is 5.69 Å². The van der Waals surface area contributed by atoms with Crippen LogP contribution in [0.5, 0.6) is 0 Å². The first-order valence-electron chi connectivity index (χ1n) is 4.79. The molecular formula is C11H8BrN3O2. The molecule has 1 heterocycles. The van der Waals surface area contributed by atoms with Crippen LogP contribution in [-0.2, 0) is 0 Å². The van der Waals surface area contributed by atoms with Crippen LogP contribution >= 0.6 is 15.9 Å². The van der Waals surface area contributed by atoms with Crippen molar-refractivity contribution in [2.75, 3.05) is 5.32 Å². The minimum absolute atomic E-state index is 0.0374. The van der Waals surface area contributed by atoms with Crippen molar-refractivity contribution in [2.24, 2.45) is 0 Å². The lowest BCUT2D eigenvalue weighted by atomic mass is 10.2. The van der Waals surface area contributed by atoms with Crippen LogP contribution in [0.25, 0.3) is 0 Å². The van der Waals surface area contributed by atoms with Gasteiger partial charge < -0.3 is 5.32 Å². The summed E-state index contributed by atoms with van der Waals surface area (Å²) in [5.41, 5.74) is 1.18. The van der Waals surface area contributed by atoms with Crippen molar-refractivity contribution < 1.29 is 4.92 Å². The van der Waals surface area contributed by atoms with Crippen LogP contribution in [0.1, 0.15) is 0 Å². The zero-order valence-electron chi connectivity index (χ0n) is 8.63. The normalized spacial score (nSPS) is 9.94. The lowest BCUT2D eigenvalue weighted by Crippen LogP contribution is -1.96. The standard InChI is InChI=1S/C11H8BrN3O2/c12-11-6-5-8(7-13-11)14-9-3-1-2-4-10(9)15(16)17/h1-7,14H. The molecule has 0 aliphatic rings. The van der Waals surface area contributed by atoms with E-state index in [2.05, 4.69) is 26.2 Å². The summed E-state index contributed by atoms with van der Waals surface area (Å²) in [6.07, 6.45) is 1.60. The van der Waals surface area contributed by atoms with Gasteiger partial charge in [-0.15, -0.1) is 0 Å². The zero-order valence-corrected chi connectivity index (χ0v) is 10.2. The molecule has 0 saturated heterocycles. The van der Waals surface area contributed by atoms with Gasteiger partial charge in [0.25, 0.3) is 5.69 Å². The molecule has 17 heavy (non-hydrogen) atoms. The summed E-state index contributed by atoms with van der Waals surface area (Å²) in [4.78, 5) is 14.4. The Balaban J connectivity index is 2.30. The van der Waals surface area contributed by atoms with Gasteiger partial charge >= 0.3 is 0 Å². The third kappa shape index (κ3) is 2.79. The number of benzene rings is 1. The highest BCUT2D eigenvalue weighted by atomic mass is 79.9. The van der Waals surface area contributed by atoms with E-state index in [0.29, 0.717) is 16.0 Å². The van der Waals surface area contributed by atoms with Gasteiger partial charge in [-0.2, -0.15) is 0 Å². The van der Waals surface area contributed by atoms with Crippen LogP contribution in [-0.4, -0.2) is 9.91 Å². The van der Waals surface area contributed by atoms with Crippen molar-refractivity contribution in [3.8, 4) is 0 Å². The van der Waals surface area contributed by atoms with Crippen LogP contribution in [0, 0.1) is 10.1 Å². The maximum absolute atomic E-state index is 10.8. The Morgan fingerprint density at radius 1 is 1.24 bits per heavy atom. The first-order chi connectivity index (χ1) is 8.16. The second-order valence-electron chi connectivity index (χ2n) is 3.27. The lowest BCUT2D eigenvalue weighted by molar-refractivity contribution is -0.383. The Morgan fingerprint density at radius 2 is 2.00 bits per heavy atom. The Morgan fingerprint density at radius 3 is 2.65 bits per heavy atom. The summed E-state index contributed by atoms with van der Waals surface area (Å²) in [5.74, 6) is 0. The van der Waals surface area contributed by atoms with Gasteiger partial charge in [-0.05, 0) is 34.1 Å². The SMILES string of the molecule is O=[N+]([O-])c1ccccc1Nc1ccc(Br)nc1. The molecule has 0 saturated carbocycles. The van der Waals surface area contributed by atoms with Gasteiger partial charge in [-0.25, -0.2) is 4.98 Å². The predicted octanol–water partition coefficient (Wildman–Crippen LogP) is 3.50. The summed E-state index contributed by atoms with van der Waals surface area (Å²) < 4.78 is 0.714. The van der Waals surface area contributed by atoms with Crippen LogP contribution in [0.4, 0.5) is 17.1 Å². The fourth-order valence-electron chi connectivity index (χ4n) is 1.34. The summed E-state index contributed by atoms with van der Waals surface area (Å²) in [7, 11) is 0. The van der Waals surface area contributed by atoms with Gasteiger partial charge in [-0.1, -0.05) is 12.1 Å². The molecule has 1 N–H and O–H groups in total. The van der Waals surface area contributed by atoms with Crippen LogP contribution in [0.3, 0.4) is 0 Å². The van der Waals surface area contributed by atoms with Gasteiger partial charge in [-0.3, -0.25) is 10.1 Å². The van der Waals surface area contributed by atoms with E-state index in [1.54, 1.807) is 36.5 Å². The average Bonchev–Trinajstić information content (AvgIpc) is 2.32. The molecule has 0 fully saturated rings. The number of hydrogen-bond donors (Lipinski definition) is 1. The maximum Gasteiger partial charge on any atom is 0.292 e. The molecule has 1 aromatic carbocycles. The van der Waals surface area contributed by atoms with Crippen molar-refractivity contribution in [3.05, 3.63) is 57.3 Å². The second kappa shape index (κ2) is 4.92. The molecule has 2 rings (SSSR count). The summed E-state index contributed by atoms with van der Waals surface area (Å²) in [5, 5.41) is 13.8. The number of aromatic nitrogens is 1. The first kappa shape index (κ1) is 11.5. The molecular weight excluding hydrogens is 286 g/mol. The summed E-state index contributed by atoms with van der Waals surface area (Å²) in [6.45, 7) is 0. The molecule has 0 spiro atoms. The van der Waals surface area contributed by atoms with E-state index in [1.807, 2.05) is 0 Å². The fraction of sp³-hybridized carbons (Fsp3) is 0. The molecule has 86 valence electrons. The van der Waals surface area contributed by atoms with Crippen molar-refractivity contribution in [1.29, 1.82) is 0 Å².